The van der Waals surface area contributed by atoms with Crippen molar-refractivity contribution in [2.75, 3.05) is 20.6 Å². The largest absolute Gasteiger partial charge is 0.480 e. The van der Waals surface area contributed by atoms with Crippen molar-refractivity contribution < 1.29 is 14.7 Å². The van der Waals surface area contributed by atoms with Crippen LogP contribution in [0.25, 0.3) is 0 Å². The number of carboxylic acid groups (broad SMARTS) is 1. The second-order valence-corrected chi connectivity index (χ2v) is 4.81. The van der Waals surface area contributed by atoms with Crippen molar-refractivity contribution >= 4 is 12.0 Å². The van der Waals surface area contributed by atoms with Crippen LogP contribution in [0.4, 0.5) is 4.79 Å². The van der Waals surface area contributed by atoms with Gasteiger partial charge in [0.15, 0.2) is 0 Å². The lowest BCUT2D eigenvalue weighted by atomic mass is 10.1. The molecule has 0 aromatic carbocycles. The van der Waals surface area contributed by atoms with Gasteiger partial charge in [0.1, 0.15) is 6.04 Å². The molecule has 0 bridgehead atoms. The molecule has 0 aliphatic carbocycles. The Balaban J connectivity index is 4.12. The van der Waals surface area contributed by atoms with Crippen molar-refractivity contribution in [2.45, 2.75) is 45.2 Å². The molecule has 0 saturated carbocycles. The van der Waals surface area contributed by atoms with Crippen molar-refractivity contribution in [1.29, 1.82) is 0 Å². The topological polar surface area (TPSA) is 81.7 Å². The highest BCUT2D eigenvalue weighted by molar-refractivity contribution is 5.82. The first kappa shape index (κ1) is 16.7. The molecule has 0 radical (unpaired) electrons. The summed E-state index contributed by atoms with van der Waals surface area (Å²) in [5, 5.41) is 14.2. The van der Waals surface area contributed by atoms with E-state index >= 15 is 0 Å². The van der Waals surface area contributed by atoms with Crippen LogP contribution in [0.3, 0.4) is 0 Å². The molecular weight excluding hydrogens is 234 g/mol. The number of nitrogens with one attached hydrogen (secondary N) is 2. The van der Waals surface area contributed by atoms with Crippen molar-refractivity contribution in [3.05, 3.63) is 0 Å². The normalized spacial score (nSPS) is 14.1. The fourth-order valence-electron chi connectivity index (χ4n) is 1.68. The number of hydrogen-bond donors (Lipinski definition) is 3. The Morgan fingerprint density at radius 2 is 1.89 bits per heavy atom. The molecule has 0 aromatic heterocycles. The van der Waals surface area contributed by atoms with Crippen LogP contribution in [0.5, 0.6) is 0 Å². The number of likely N-dealkylation sites (N-methyl/N-ethyl adjacent to an activating group) is 1. The summed E-state index contributed by atoms with van der Waals surface area (Å²) in [4.78, 5) is 24.5. The highest BCUT2D eigenvalue weighted by Gasteiger charge is 2.19. The maximum absolute atomic E-state index is 11.6. The Bertz CT molecular complexity index is 269. The maximum Gasteiger partial charge on any atom is 0.326 e. The summed E-state index contributed by atoms with van der Waals surface area (Å²) in [7, 11) is 3.83. The Kier molecular flexibility index (Phi) is 8.11. The quantitative estimate of drug-likeness (QED) is 0.604. The summed E-state index contributed by atoms with van der Waals surface area (Å²) in [5.74, 6) is -0.987. The predicted octanol–water partition coefficient (Wildman–Crippen LogP) is 0.879. The lowest BCUT2D eigenvalue weighted by Crippen LogP contribution is -2.50. The smallest absolute Gasteiger partial charge is 0.326 e. The molecule has 0 aliphatic heterocycles. The summed E-state index contributed by atoms with van der Waals surface area (Å²) in [5.41, 5.74) is 0. The van der Waals surface area contributed by atoms with Crippen LogP contribution in [0.15, 0.2) is 0 Å². The molecule has 1 unspecified atom stereocenters. The fourth-order valence-corrected chi connectivity index (χ4v) is 1.68. The van der Waals surface area contributed by atoms with Crippen molar-refractivity contribution in [2.24, 2.45) is 0 Å². The first-order valence-corrected chi connectivity index (χ1v) is 6.31. The molecule has 2 amide bonds. The fraction of sp³-hybridized carbons (Fsp3) is 0.833. The van der Waals surface area contributed by atoms with Crippen LogP contribution in [0.1, 0.15) is 33.1 Å². The van der Waals surface area contributed by atoms with Crippen LogP contribution in [-0.2, 0) is 4.79 Å². The number of urea groups is 1. The maximum atomic E-state index is 11.6. The number of carbonyl (C=O) groups excluding carboxylic acids is 1. The van der Waals surface area contributed by atoms with Gasteiger partial charge < -0.3 is 20.6 Å². The third kappa shape index (κ3) is 7.89. The first-order chi connectivity index (χ1) is 8.36. The molecule has 0 aliphatic rings. The third-order valence-electron chi connectivity index (χ3n) is 2.47. The molecule has 18 heavy (non-hydrogen) atoms. The first-order valence-electron chi connectivity index (χ1n) is 6.31. The van der Waals surface area contributed by atoms with Crippen molar-refractivity contribution in [1.82, 2.24) is 15.5 Å². The molecule has 0 aromatic rings. The van der Waals surface area contributed by atoms with E-state index in [4.69, 9.17) is 5.11 Å². The zero-order valence-electron chi connectivity index (χ0n) is 11.7. The lowest BCUT2D eigenvalue weighted by Gasteiger charge is -2.20. The van der Waals surface area contributed by atoms with Gasteiger partial charge in [-0.05, 0) is 27.4 Å². The average Bonchev–Trinajstić information content (AvgIpc) is 2.22. The molecule has 0 rings (SSSR count). The molecular formula is C12H25N3O3. The molecule has 2 atom stereocenters. The Morgan fingerprint density at radius 3 is 2.33 bits per heavy atom. The summed E-state index contributed by atoms with van der Waals surface area (Å²) in [6, 6.07) is -1.26. The Hall–Kier alpha value is -1.30. The number of nitrogens with zero attached hydrogens (tertiary/aromatic N) is 1. The molecule has 6 heteroatoms. The van der Waals surface area contributed by atoms with E-state index in [1.165, 1.54) is 0 Å². The van der Waals surface area contributed by atoms with Crippen LogP contribution in [-0.4, -0.2) is 54.7 Å². The summed E-state index contributed by atoms with van der Waals surface area (Å²) >= 11 is 0. The molecule has 0 heterocycles. The van der Waals surface area contributed by atoms with Gasteiger partial charge in [-0.25, -0.2) is 9.59 Å². The summed E-state index contributed by atoms with van der Waals surface area (Å²) in [6.07, 6.45) is 2.15. The van der Waals surface area contributed by atoms with Gasteiger partial charge in [0.05, 0.1) is 0 Å². The van der Waals surface area contributed by atoms with E-state index in [-0.39, 0.29) is 6.04 Å². The zero-order valence-corrected chi connectivity index (χ0v) is 11.7. The highest BCUT2D eigenvalue weighted by Crippen LogP contribution is 2.00. The molecule has 6 nitrogen and oxygen atoms in total. The lowest BCUT2D eigenvalue weighted by molar-refractivity contribution is -0.139. The number of carboxylic acids is 1. The summed E-state index contributed by atoms with van der Waals surface area (Å²) < 4.78 is 0. The van der Waals surface area contributed by atoms with Gasteiger partial charge in [-0.15, -0.1) is 0 Å². The van der Waals surface area contributed by atoms with Gasteiger partial charge in [-0.1, -0.05) is 19.8 Å². The van der Waals surface area contributed by atoms with Gasteiger partial charge in [0, 0.05) is 12.6 Å². The van der Waals surface area contributed by atoms with Gasteiger partial charge in [0.25, 0.3) is 0 Å². The van der Waals surface area contributed by atoms with Crippen LogP contribution in [0.2, 0.25) is 0 Å². The highest BCUT2D eigenvalue weighted by atomic mass is 16.4. The SMILES string of the molecule is CCCC[C@H](NC(=O)NC(C)CN(C)C)C(=O)O. The van der Waals surface area contributed by atoms with E-state index in [1.54, 1.807) is 0 Å². The van der Waals surface area contributed by atoms with E-state index in [0.29, 0.717) is 13.0 Å². The Labute approximate surface area is 109 Å². The number of carbonyl (C=O) groups is 2. The predicted molar refractivity (Wildman–Crippen MR) is 70.6 cm³/mol. The van der Waals surface area contributed by atoms with E-state index < -0.39 is 18.0 Å². The van der Waals surface area contributed by atoms with Crippen LogP contribution in [0, 0.1) is 0 Å². The van der Waals surface area contributed by atoms with E-state index in [9.17, 15) is 9.59 Å². The van der Waals surface area contributed by atoms with Crippen LogP contribution < -0.4 is 10.6 Å². The second kappa shape index (κ2) is 8.74. The van der Waals surface area contributed by atoms with Gasteiger partial charge in [-0.2, -0.15) is 0 Å². The number of rotatable bonds is 8. The minimum atomic E-state index is -0.987. The van der Waals surface area contributed by atoms with Gasteiger partial charge >= 0.3 is 12.0 Å². The van der Waals surface area contributed by atoms with Crippen molar-refractivity contribution in [3.8, 4) is 0 Å². The third-order valence-corrected chi connectivity index (χ3v) is 2.47. The van der Waals surface area contributed by atoms with E-state index in [2.05, 4.69) is 10.6 Å². The van der Waals surface area contributed by atoms with Crippen molar-refractivity contribution in [3.63, 3.8) is 0 Å². The molecule has 3 N–H and O–H groups in total. The number of unbranched alkanes of at least 4 members (excludes halogenated alkanes) is 1. The van der Waals surface area contributed by atoms with Gasteiger partial charge in [-0.3, -0.25) is 0 Å². The molecule has 0 spiro atoms. The second-order valence-electron chi connectivity index (χ2n) is 4.81. The Morgan fingerprint density at radius 1 is 1.28 bits per heavy atom. The number of hydrogen-bond acceptors (Lipinski definition) is 3. The van der Waals surface area contributed by atoms with Crippen LogP contribution >= 0.6 is 0 Å². The van der Waals surface area contributed by atoms with Gasteiger partial charge in [0.2, 0.25) is 0 Å². The minimum absolute atomic E-state index is 0.0272. The zero-order chi connectivity index (χ0) is 14.1. The molecule has 0 saturated heterocycles. The van der Waals surface area contributed by atoms with E-state index in [1.807, 2.05) is 32.8 Å². The number of amides is 2. The monoisotopic (exact) mass is 259 g/mol. The minimum Gasteiger partial charge on any atom is -0.480 e. The van der Waals surface area contributed by atoms with E-state index in [0.717, 1.165) is 12.8 Å². The average molecular weight is 259 g/mol. The molecule has 0 fully saturated rings. The summed E-state index contributed by atoms with van der Waals surface area (Å²) in [6.45, 7) is 4.57. The molecule has 106 valence electrons. The number of aliphatic carboxylic acids is 1. The standard InChI is InChI=1S/C12H25N3O3/c1-5-6-7-10(11(16)17)14-12(18)13-9(2)8-15(3)4/h9-10H,5-8H2,1-4H3,(H,16,17)(H2,13,14,18)/t9?,10-/m0/s1.